The molecule has 1 aromatic rings. The molecule has 112 valence electrons. The SMILES string of the molecule is CC12CCC(CC1=NOC(=O)c1ccc(Cl)cc1)C2(C)C. The zero-order valence-electron chi connectivity index (χ0n) is 12.6. The van der Waals surface area contributed by atoms with Crippen LogP contribution >= 0.6 is 11.6 Å². The molecule has 1 aromatic carbocycles. The number of hydrogen-bond donors (Lipinski definition) is 0. The molecular weight excluding hydrogens is 286 g/mol. The Hall–Kier alpha value is -1.35. The smallest absolute Gasteiger partial charge is 0.313 e. The molecule has 3 rings (SSSR count). The van der Waals surface area contributed by atoms with Crippen LogP contribution in [0.3, 0.4) is 0 Å². The maximum absolute atomic E-state index is 12.0. The first-order chi connectivity index (χ1) is 9.84. The molecular formula is C17H20ClNO2. The van der Waals surface area contributed by atoms with E-state index in [4.69, 9.17) is 16.4 Å². The van der Waals surface area contributed by atoms with Gasteiger partial charge in [-0.15, -0.1) is 0 Å². The minimum atomic E-state index is -0.427. The van der Waals surface area contributed by atoms with Crippen LogP contribution in [0.1, 0.15) is 50.4 Å². The molecule has 0 aliphatic heterocycles. The maximum Gasteiger partial charge on any atom is 0.365 e. The number of carbonyl (C=O) groups excluding carboxylic acids is 1. The first-order valence-electron chi connectivity index (χ1n) is 7.39. The van der Waals surface area contributed by atoms with E-state index < -0.39 is 5.97 Å². The summed E-state index contributed by atoms with van der Waals surface area (Å²) >= 11 is 5.81. The number of fused-ring (bicyclic) bond motifs is 2. The van der Waals surface area contributed by atoms with E-state index in [1.165, 1.54) is 6.42 Å². The number of rotatable bonds is 2. The highest BCUT2D eigenvalue weighted by Gasteiger charge is 2.60. The fraction of sp³-hybridized carbons (Fsp3) is 0.529. The molecule has 0 N–H and O–H groups in total. The van der Waals surface area contributed by atoms with Crippen LogP contribution in [0.15, 0.2) is 29.4 Å². The third kappa shape index (κ3) is 2.18. The molecule has 21 heavy (non-hydrogen) atoms. The van der Waals surface area contributed by atoms with Gasteiger partial charge in [0.1, 0.15) is 0 Å². The highest BCUT2D eigenvalue weighted by atomic mass is 35.5. The number of carbonyl (C=O) groups is 1. The molecule has 0 heterocycles. The van der Waals surface area contributed by atoms with Gasteiger partial charge < -0.3 is 4.84 Å². The van der Waals surface area contributed by atoms with Gasteiger partial charge in [0.25, 0.3) is 0 Å². The van der Waals surface area contributed by atoms with E-state index in [-0.39, 0.29) is 10.8 Å². The molecule has 0 spiro atoms. The highest BCUT2D eigenvalue weighted by Crippen LogP contribution is 2.63. The number of hydrogen-bond acceptors (Lipinski definition) is 3. The summed E-state index contributed by atoms with van der Waals surface area (Å²) in [5.74, 6) is 0.221. The third-order valence-corrected chi connectivity index (χ3v) is 6.08. The van der Waals surface area contributed by atoms with E-state index >= 15 is 0 Å². The highest BCUT2D eigenvalue weighted by molar-refractivity contribution is 6.30. The van der Waals surface area contributed by atoms with E-state index in [9.17, 15) is 4.79 Å². The Bertz CT molecular complexity index is 606. The molecule has 2 saturated carbocycles. The predicted octanol–water partition coefficient (Wildman–Crippen LogP) is 4.70. The lowest BCUT2D eigenvalue weighted by molar-refractivity contribution is 0.0508. The summed E-state index contributed by atoms with van der Waals surface area (Å²) in [6.45, 7) is 6.84. The molecule has 2 atom stereocenters. The van der Waals surface area contributed by atoms with Crippen LogP contribution < -0.4 is 0 Å². The van der Waals surface area contributed by atoms with Gasteiger partial charge in [-0.2, -0.15) is 0 Å². The van der Waals surface area contributed by atoms with Crippen molar-refractivity contribution < 1.29 is 9.63 Å². The van der Waals surface area contributed by atoms with Crippen LogP contribution in [-0.2, 0) is 4.84 Å². The second kappa shape index (κ2) is 4.84. The van der Waals surface area contributed by atoms with E-state index in [0.717, 1.165) is 18.6 Å². The molecule has 2 unspecified atom stereocenters. The number of oxime groups is 1. The van der Waals surface area contributed by atoms with Crippen molar-refractivity contribution in [2.45, 2.75) is 40.0 Å². The molecule has 0 radical (unpaired) electrons. The summed E-state index contributed by atoms with van der Waals surface area (Å²) < 4.78 is 0. The van der Waals surface area contributed by atoms with Crippen LogP contribution in [0.25, 0.3) is 0 Å². The molecule has 2 fully saturated rings. The van der Waals surface area contributed by atoms with Crippen molar-refractivity contribution in [3.05, 3.63) is 34.9 Å². The minimum Gasteiger partial charge on any atom is -0.313 e. The molecule has 4 heteroatoms. The Kier molecular flexibility index (Phi) is 3.36. The van der Waals surface area contributed by atoms with Gasteiger partial charge in [0.15, 0.2) is 0 Å². The van der Waals surface area contributed by atoms with Crippen molar-refractivity contribution in [3.63, 3.8) is 0 Å². The summed E-state index contributed by atoms with van der Waals surface area (Å²) in [6.07, 6.45) is 3.31. The molecule has 0 saturated heterocycles. The van der Waals surface area contributed by atoms with Crippen molar-refractivity contribution in [3.8, 4) is 0 Å². The Morgan fingerprint density at radius 2 is 1.95 bits per heavy atom. The summed E-state index contributed by atoms with van der Waals surface area (Å²) in [7, 11) is 0. The first-order valence-corrected chi connectivity index (χ1v) is 7.77. The number of nitrogens with zero attached hydrogens (tertiary/aromatic N) is 1. The van der Waals surface area contributed by atoms with Gasteiger partial charge in [0.05, 0.1) is 11.3 Å². The number of benzene rings is 1. The zero-order chi connectivity index (χ0) is 15.3. The van der Waals surface area contributed by atoms with Gasteiger partial charge in [-0.3, -0.25) is 0 Å². The van der Waals surface area contributed by atoms with Crippen LogP contribution in [-0.4, -0.2) is 11.7 Å². The van der Waals surface area contributed by atoms with Gasteiger partial charge in [-0.25, -0.2) is 4.79 Å². The van der Waals surface area contributed by atoms with E-state index in [0.29, 0.717) is 16.5 Å². The van der Waals surface area contributed by atoms with Crippen molar-refractivity contribution in [2.24, 2.45) is 21.9 Å². The standard InChI is InChI=1S/C17H20ClNO2/c1-16(2)12-8-9-17(16,3)14(10-12)19-21-15(20)11-4-6-13(18)7-5-11/h4-7,12H,8-10H2,1-3H3. The second-order valence-electron chi connectivity index (χ2n) is 6.92. The maximum atomic E-state index is 12.0. The normalized spacial score (nSPS) is 31.6. The lowest BCUT2D eigenvalue weighted by Gasteiger charge is -2.34. The van der Waals surface area contributed by atoms with E-state index in [1.807, 2.05) is 0 Å². The van der Waals surface area contributed by atoms with Gasteiger partial charge in [0, 0.05) is 10.4 Å². The average molecular weight is 306 g/mol. The second-order valence-corrected chi connectivity index (χ2v) is 7.35. The van der Waals surface area contributed by atoms with Crippen LogP contribution in [0, 0.1) is 16.7 Å². The molecule has 2 aliphatic carbocycles. The van der Waals surface area contributed by atoms with Crippen LogP contribution in [0.4, 0.5) is 0 Å². The molecule has 0 amide bonds. The lowest BCUT2D eigenvalue weighted by atomic mass is 9.70. The van der Waals surface area contributed by atoms with Gasteiger partial charge >= 0.3 is 5.97 Å². The fourth-order valence-electron chi connectivity index (χ4n) is 3.80. The first kappa shape index (κ1) is 14.6. The molecule has 3 nitrogen and oxygen atoms in total. The van der Waals surface area contributed by atoms with Crippen LogP contribution in [0.5, 0.6) is 0 Å². The lowest BCUT2D eigenvalue weighted by Crippen LogP contribution is -2.32. The monoisotopic (exact) mass is 305 g/mol. The minimum absolute atomic E-state index is 0.0535. The van der Waals surface area contributed by atoms with Crippen molar-refractivity contribution in [1.29, 1.82) is 0 Å². The van der Waals surface area contributed by atoms with Crippen molar-refractivity contribution in [1.82, 2.24) is 0 Å². The van der Waals surface area contributed by atoms with Crippen molar-refractivity contribution in [2.75, 3.05) is 0 Å². The molecule has 2 bridgehead atoms. The predicted molar refractivity (Wildman–Crippen MR) is 83.5 cm³/mol. The summed E-state index contributed by atoms with van der Waals surface area (Å²) in [4.78, 5) is 17.2. The van der Waals surface area contributed by atoms with Gasteiger partial charge in [-0.05, 0) is 54.9 Å². The summed E-state index contributed by atoms with van der Waals surface area (Å²) in [6, 6.07) is 6.65. The van der Waals surface area contributed by atoms with Crippen LogP contribution in [0.2, 0.25) is 5.02 Å². The Morgan fingerprint density at radius 3 is 2.48 bits per heavy atom. The molecule has 2 aliphatic rings. The van der Waals surface area contributed by atoms with Gasteiger partial charge in [-0.1, -0.05) is 37.5 Å². The molecule has 0 aromatic heterocycles. The zero-order valence-corrected chi connectivity index (χ0v) is 13.4. The third-order valence-electron chi connectivity index (χ3n) is 5.83. The Labute approximate surface area is 130 Å². The number of halogens is 1. The fourth-order valence-corrected chi connectivity index (χ4v) is 3.93. The summed E-state index contributed by atoms with van der Waals surface area (Å²) in [5, 5.41) is 4.80. The van der Waals surface area contributed by atoms with Crippen molar-refractivity contribution >= 4 is 23.3 Å². The van der Waals surface area contributed by atoms with E-state index in [1.54, 1.807) is 24.3 Å². The Balaban J connectivity index is 1.76. The van der Waals surface area contributed by atoms with Gasteiger partial charge in [0.2, 0.25) is 0 Å². The average Bonchev–Trinajstić information content (AvgIpc) is 2.78. The quantitative estimate of drug-likeness (QED) is 0.587. The topological polar surface area (TPSA) is 38.7 Å². The largest absolute Gasteiger partial charge is 0.365 e. The van der Waals surface area contributed by atoms with E-state index in [2.05, 4.69) is 25.9 Å². The summed E-state index contributed by atoms with van der Waals surface area (Å²) in [5.41, 5.74) is 1.79. The Morgan fingerprint density at radius 1 is 1.29 bits per heavy atom.